The lowest BCUT2D eigenvalue weighted by Crippen LogP contribution is -2.31. The molecule has 0 aromatic heterocycles. The van der Waals surface area contributed by atoms with E-state index in [4.69, 9.17) is 5.11 Å². The maximum absolute atomic E-state index is 10.8. The first kappa shape index (κ1) is 9.84. The van der Waals surface area contributed by atoms with Crippen molar-refractivity contribution in [3.05, 3.63) is 12.7 Å². The smallest absolute Gasteiger partial charge is 0.315 e. The van der Waals surface area contributed by atoms with Crippen molar-refractivity contribution in [3.8, 4) is 0 Å². The highest BCUT2D eigenvalue weighted by Crippen LogP contribution is 1.97. The van der Waals surface area contributed by atoms with Gasteiger partial charge in [0, 0.05) is 6.54 Å². The molecular weight excluding hydrogens is 146 g/mol. The topological polar surface area (TPSA) is 66.4 Å². The standard InChI is InChI=1S/C7H11NO3/c1-3-6(9)5(4-8-2)7(10)11/h3,5,8H,1,4H2,2H3,(H,10,11). The molecule has 0 radical (unpaired) electrons. The monoisotopic (exact) mass is 157 g/mol. The van der Waals surface area contributed by atoms with E-state index in [1.54, 1.807) is 7.05 Å². The Balaban J connectivity index is 4.20. The Morgan fingerprint density at radius 1 is 1.73 bits per heavy atom. The number of carbonyl (C=O) groups excluding carboxylic acids is 1. The van der Waals surface area contributed by atoms with Crippen molar-refractivity contribution in [2.75, 3.05) is 13.6 Å². The van der Waals surface area contributed by atoms with E-state index in [0.29, 0.717) is 0 Å². The normalized spacial score (nSPS) is 12.1. The second-order valence-corrected chi connectivity index (χ2v) is 2.05. The quantitative estimate of drug-likeness (QED) is 0.423. The molecule has 0 rings (SSSR count). The zero-order valence-electron chi connectivity index (χ0n) is 6.33. The first-order chi connectivity index (χ1) is 5.13. The number of carbonyl (C=O) groups is 2. The molecule has 1 unspecified atom stereocenters. The molecule has 0 amide bonds. The second-order valence-electron chi connectivity index (χ2n) is 2.05. The summed E-state index contributed by atoms with van der Waals surface area (Å²) in [6.45, 7) is 3.34. The van der Waals surface area contributed by atoms with Crippen LogP contribution in [0.25, 0.3) is 0 Å². The van der Waals surface area contributed by atoms with Crippen molar-refractivity contribution in [1.29, 1.82) is 0 Å². The van der Waals surface area contributed by atoms with Crippen molar-refractivity contribution < 1.29 is 14.7 Å². The summed E-state index contributed by atoms with van der Waals surface area (Å²) in [7, 11) is 1.59. The van der Waals surface area contributed by atoms with Gasteiger partial charge in [-0.1, -0.05) is 6.58 Å². The summed E-state index contributed by atoms with van der Waals surface area (Å²) in [5, 5.41) is 11.1. The van der Waals surface area contributed by atoms with E-state index < -0.39 is 17.7 Å². The fourth-order valence-electron chi connectivity index (χ4n) is 0.656. The molecule has 0 aromatic rings. The minimum Gasteiger partial charge on any atom is -0.481 e. The molecule has 0 spiro atoms. The van der Waals surface area contributed by atoms with Crippen LogP contribution in [0.3, 0.4) is 0 Å². The van der Waals surface area contributed by atoms with Crippen molar-refractivity contribution in [2.24, 2.45) is 5.92 Å². The predicted molar refractivity (Wildman–Crippen MR) is 40.3 cm³/mol. The van der Waals surface area contributed by atoms with Crippen LogP contribution in [-0.2, 0) is 9.59 Å². The molecule has 0 aliphatic heterocycles. The van der Waals surface area contributed by atoms with Gasteiger partial charge in [0.05, 0.1) is 0 Å². The molecule has 0 bridgehead atoms. The minimum atomic E-state index is -1.12. The number of carboxylic acids is 1. The molecule has 1 atom stereocenters. The number of rotatable bonds is 5. The Morgan fingerprint density at radius 3 is 2.55 bits per heavy atom. The van der Waals surface area contributed by atoms with Gasteiger partial charge in [-0.3, -0.25) is 9.59 Å². The maximum Gasteiger partial charge on any atom is 0.315 e. The molecule has 0 aliphatic carbocycles. The molecule has 0 heterocycles. The van der Waals surface area contributed by atoms with Gasteiger partial charge in [-0.25, -0.2) is 0 Å². The van der Waals surface area contributed by atoms with Gasteiger partial charge in [0.1, 0.15) is 5.92 Å². The van der Waals surface area contributed by atoms with Gasteiger partial charge < -0.3 is 10.4 Å². The van der Waals surface area contributed by atoms with Crippen LogP contribution in [0, 0.1) is 5.92 Å². The molecule has 62 valence electrons. The van der Waals surface area contributed by atoms with Crippen LogP contribution >= 0.6 is 0 Å². The van der Waals surface area contributed by atoms with Crippen LogP contribution in [0.1, 0.15) is 0 Å². The van der Waals surface area contributed by atoms with E-state index in [1.165, 1.54) is 0 Å². The minimum absolute atomic E-state index is 0.139. The van der Waals surface area contributed by atoms with Gasteiger partial charge in [0.2, 0.25) is 0 Å². The zero-order chi connectivity index (χ0) is 8.85. The third-order valence-corrected chi connectivity index (χ3v) is 1.25. The van der Waals surface area contributed by atoms with E-state index in [1.807, 2.05) is 0 Å². The molecule has 11 heavy (non-hydrogen) atoms. The summed E-state index contributed by atoms with van der Waals surface area (Å²) >= 11 is 0. The number of hydrogen-bond donors (Lipinski definition) is 2. The van der Waals surface area contributed by atoms with Gasteiger partial charge in [0.25, 0.3) is 0 Å². The fraction of sp³-hybridized carbons (Fsp3) is 0.429. The van der Waals surface area contributed by atoms with Gasteiger partial charge in [-0.15, -0.1) is 0 Å². The summed E-state index contributed by atoms with van der Waals surface area (Å²) in [6.07, 6.45) is 1.02. The summed E-state index contributed by atoms with van der Waals surface area (Å²) in [5.41, 5.74) is 0. The summed E-state index contributed by atoms with van der Waals surface area (Å²) < 4.78 is 0. The summed E-state index contributed by atoms with van der Waals surface area (Å²) in [5.74, 6) is -2.59. The molecular formula is C7H11NO3. The Kier molecular flexibility index (Phi) is 4.14. The number of allylic oxidation sites excluding steroid dienone is 1. The summed E-state index contributed by atoms with van der Waals surface area (Å²) in [6, 6.07) is 0. The van der Waals surface area contributed by atoms with E-state index in [2.05, 4.69) is 11.9 Å². The largest absolute Gasteiger partial charge is 0.481 e. The Bertz CT molecular complexity index is 177. The number of hydrogen-bond acceptors (Lipinski definition) is 3. The second kappa shape index (κ2) is 4.62. The van der Waals surface area contributed by atoms with Gasteiger partial charge in [-0.2, -0.15) is 0 Å². The maximum atomic E-state index is 10.8. The lowest BCUT2D eigenvalue weighted by molar-refractivity contribution is -0.144. The Hall–Kier alpha value is -1.16. The van der Waals surface area contributed by atoms with Gasteiger partial charge in [-0.05, 0) is 13.1 Å². The SMILES string of the molecule is C=CC(=O)C(CNC)C(=O)O. The highest BCUT2D eigenvalue weighted by atomic mass is 16.4. The van der Waals surface area contributed by atoms with E-state index in [9.17, 15) is 9.59 Å². The lowest BCUT2D eigenvalue weighted by Gasteiger charge is -2.06. The van der Waals surface area contributed by atoms with Crippen molar-refractivity contribution >= 4 is 11.8 Å². The number of nitrogens with one attached hydrogen (secondary N) is 1. The number of carboxylic acid groups (broad SMARTS) is 1. The van der Waals surface area contributed by atoms with Crippen LogP contribution in [0.2, 0.25) is 0 Å². The molecule has 0 aromatic carbocycles. The molecule has 4 heteroatoms. The van der Waals surface area contributed by atoms with Crippen molar-refractivity contribution in [1.82, 2.24) is 5.32 Å². The third kappa shape index (κ3) is 2.95. The molecule has 0 saturated carbocycles. The zero-order valence-corrected chi connectivity index (χ0v) is 6.33. The Morgan fingerprint density at radius 2 is 2.27 bits per heavy atom. The highest BCUT2D eigenvalue weighted by molar-refractivity contribution is 6.04. The molecule has 2 N–H and O–H groups in total. The molecule has 0 fully saturated rings. The van der Waals surface area contributed by atoms with Crippen LogP contribution in [0.5, 0.6) is 0 Å². The number of aliphatic carboxylic acids is 1. The highest BCUT2D eigenvalue weighted by Gasteiger charge is 2.22. The van der Waals surface area contributed by atoms with E-state index >= 15 is 0 Å². The van der Waals surface area contributed by atoms with Crippen LogP contribution in [-0.4, -0.2) is 30.5 Å². The van der Waals surface area contributed by atoms with Crippen molar-refractivity contribution in [3.63, 3.8) is 0 Å². The van der Waals surface area contributed by atoms with E-state index in [-0.39, 0.29) is 6.54 Å². The average molecular weight is 157 g/mol. The predicted octanol–water partition coefficient (Wildman–Crippen LogP) is -0.338. The average Bonchev–Trinajstić information content (AvgIpc) is 1.98. The third-order valence-electron chi connectivity index (χ3n) is 1.25. The fourth-order valence-corrected chi connectivity index (χ4v) is 0.656. The first-order valence-corrected chi connectivity index (χ1v) is 3.17. The Labute approximate surface area is 64.9 Å². The molecule has 4 nitrogen and oxygen atoms in total. The number of ketones is 1. The summed E-state index contributed by atoms with van der Waals surface area (Å²) in [4.78, 5) is 21.2. The van der Waals surface area contributed by atoms with Crippen LogP contribution in [0.15, 0.2) is 12.7 Å². The van der Waals surface area contributed by atoms with Gasteiger partial charge in [0.15, 0.2) is 5.78 Å². The first-order valence-electron chi connectivity index (χ1n) is 3.17. The lowest BCUT2D eigenvalue weighted by atomic mass is 10.1. The molecule has 0 aliphatic rings. The van der Waals surface area contributed by atoms with Gasteiger partial charge >= 0.3 is 5.97 Å². The van der Waals surface area contributed by atoms with E-state index in [0.717, 1.165) is 6.08 Å². The molecule has 0 saturated heterocycles. The van der Waals surface area contributed by atoms with Crippen LogP contribution < -0.4 is 5.32 Å². The van der Waals surface area contributed by atoms with Crippen LogP contribution in [0.4, 0.5) is 0 Å². The van der Waals surface area contributed by atoms with Crippen molar-refractivity contribution in [2.45, 2.75) is 0 Å².